The lowest BCUT2D eigenvalue weighted by Gasteiger charge is -2.18. The summed E-state index contributed by atoms with van der Waals surface area (Å²) in [6.45, 7) is 0. The highest BCUT2D eigenvalue weighted by atomic mass is 16.5. The van der Waals surface area contributed by atoms with Crippen LogP contribution in [0.3, 0.4) is 0 Å². The van der Waals surface area contributed by atoms with E-state index in [-0.39, 0.29) is 0 Å². The van der Waals surface area contributed by atoms with Crippen LogP contribution >= 0.6 is 0 Å². The van der Waals surface area contributed by atoms with Gasteiger partial charge in [-0.15, -0.1) is 0 Å². The van der Waals surface area contributed by atoms with Crippen LogP contribution in [0.2, 0.25) is 0 Å². The van der Waals surface area contributed by atoms with Crippen LogP contribution in [0, 0.1) is 0 Å². The zero-order valence-electron chi connectivity index (χ0n) is 20.1. The van der Waals surface area contributed by atoms with Crippen LogP contribution in [0.25, 0.3) is 54.6 Å². The van der Waals surface area contributed by atoms with Crippen molar-refractivity contribution < 1.29 is 4.74 Å². The van der Waals surface area contributed by atoms with Crippen molar-refractivity contribution in [2.45, 2.75) is 0 Å². The Bertz CT molecular complexity index is 1840. The van der Waals surface area contributed by atoms with Crippen molar-refractivity contribution >= 4 is 32.3 Å². The van der Waals surface area contributed by atoms with E-state index in [4.69, 9.17) is 4.74 Å². The molecule has 174 valence electrons. The van der Waals surface area contributed by atoms with Crippen LogP contribution in [-0.4, -0.2) is 4.98 Å². The lowest BCUT2D eigenvalue weighted by atomic mass is 9.89. The van der Waals surface area contributed by atoms with Crippen LogP contribution in [0.5, 0.6) is 11.5 Å². The lowest BCUT2D eigenvalue weighted by molar-refractivity contribution is 0.494. The Kier molecular flexibility index (Phi) is 5.15. The fourth-order valence-corrected chi connectivity index (χ4v) is 5.31. The number of rotatable bonds is 4. The van der Waals surface area contributed by atoms with Crippen molar-refractivity contribution in [1.29, 1.82) is 0 Å². The molecule has 6 aromatic carbocycles. The molecule has 0 aliphatic heterocycles. The predicted molar refractivity (Wildman–Crippen MR) is 154 cm³/mol. The summed E-state index contributed by atoms with van der Waals surface area (Å²) >= 11 is 0. The average Bonchev–Trinajstić information content (AvgIpc) is 2.98. The second-order valence-corrected chi connectivity index (χ2v) is 9.19. The van der Waals surface area contributed by atoms with Crippen molar-refractivity contribution in [3.8, 4) is 33.8 Å². The Morgan fingerprint density at radius 3 is 2.05 bits per heavy atom. The molecule has 7 rings (SSSR count). The van der Waals surface area contributed by atoms with Crippen LogP contribution in [0.4, 0.5) is 0 Å². The van der Waals surface area contributed by atoms with Crippen LogP contribution < -0.4 is 4.74 Å². The highest BCUT2D eigenvalue weighted by Gasteiger charge is 2.18. The number of hydrogen-bond donors (Lipinski definition) is 0. The summed E-state index contributed by atoms with van der Waals surface area (Å²) in [5, 5.41) is 6.79. The summed E-state index contributed by atoms with van der Waals surface area (Å²) in [4.78, 5) is 4.53. The maximum absolute atomic E-state index is 6.72. The Morgan fingerprint density at radius 2 is 1.16 bits per heavy atom. The first-order chi connectivity index (χ1) is 18.4. The van der Waals surface area contributed by atoms with Crippen LogP contribution in [0.1, 0.15) is 0 Å². The van der Waals surface area contributed by atoms with Gasteiger partial charge in [-0.2, -0.15) is 0 Å². The quantitative estimate of drug-likeness (QED) is 0.237. The minimum absolute atomic E-state index is 0.808. The predicted octanol–water partition coefficient (Wildman–Crippen LogP) is 9.67. The zero-order valence-corrected chi connectivity index (χ0v) is 20.1. The number of ether oxygens (including phenoxy) is 1. The molecular weight excluding hydrogens is 450 g/mol. The Hall–Kier alpha value is -4.95. The van der Waals surface area contributed by atoms with Gasteiger partial charge in [-0.1, -0.05) is 109 Å². The molecule has 0 spiro atoms. The first kappa shape index (κ1) is 21.3. The summed E-state index contributed by atoms with van der Waals surface area (Å²) in [6.07, 6.45) is 3.81. The maximum atomic E-state index is 6.72. The van der Waals surface area contributed by atoms with Crippen molar-refractivity contribution in [3.05, 3.63) is 140 Å². The van der Waals surface area contributed by atoms with Gasteiger partial charge >= 0.3 is 0 Å². The van der Waals surface area contributed by atoms with E-state index in [1.807, 2.05) is 30.6 Å². The topological polar surface area (TPSA) is 22.1 Å². The molecule has 0 bridgehead atoms. The third-order valence-corrected chi connectivity index (χ3v) is 7.00. The molecule has 0 fully saturated rings. The first-order valence-corrected chi connectivity index (χ1v) is 12.5. The van der Waals surface area contributed by atoms with E-state index in [1.54, 1.807) is 0 Å². The Labute approximate surface area is 215 Å². The minimum atomic E-state index is 0.808. The third kappa shape index (κ3) is 3.71. The number of fused-ring (bicyclic) bond motifs is 3. The molecule has 2 nitrogen and oxygen atoms in total. The van der Waals surface area contributed by atoms with Gasteiger partial charge in [0, 0.05) is 28.6 Å². The molecule has 1 aromatic heterocycles. The fourth-order valence-electron chi connectivity index (χ4n) is 5.31. The van der Waals surface area contributed by atoms with Gasteiger partial charge in [0.25, 0.3) is 0 Å². The molecule has 0 saturated heterocycles. The molecule has 7 aromatic rings. The molecule has 37 heavy (non-hydrogen) atoms. The van der Waals surface area contributed by atoms with E-state index in [9.17, 15) is 0 Å². The van der Waals surface area contributed by atoms with Crippen molar-refractivity contribution in [3.63, 3.8) is 0 Å². The van der Waals surface area contributed by atoms with Crippen molar-refractivity contribution in [2.75, 3.05) is 0 Å². The summed E-state index contributed by atoms with van der Waals surface area (Å²) in [6, 6.07) is 44.3. The van der Waals surface area contributed by atoms with E-state index in [0.717, 1.165) is 44.2 Å². The monoisotopic (exact) mass is 473 g/mol. The van der Waals surface area contributed by atoms with Gasteiger partial charge in [0.05, 0.1) is 0 Å². The van der Waals surface area contributed by atoms with Gasteiger partial charge in [-0.25, -0.2) is 0 Å². The molecule has 0 saturated carbocycles. The second kappa shape index (κ2) is 8.92. The number of hydrogen-bond acceptors (Lipinski definition) is 2. The van der Waals surface area contributed by atoms with E-state index in [1.165, 1.54) is 21.9 Å². The van der Waals surface area contributed by atoms with E-state index in [0.29, 0.717) is 0 Å². The average molecular weight is 474 g/mol. The molecule has 2 heteroatoms. The van der Waals surface area contributed by atoms with Gasteiger partial charge in [-0.3, -0.25) is 4.98 Å². The molecule has 0 aliphatic carbocycles. The molecule has 0 aliphatic rings. The minimum Gasteiger partial charge on any atom is -0.456 e. The Morgan fingerprint density at radius 1 is 0.486 bits per heavy atom. The number of nitrogens with zero attached hydrogens (tertiary/aromatic N) is 1. The van der Waals surface area contributed by atoms with Crippen LogP contribution in [-0.2, 0) is 0 Å². The molecule has 1 heterocycles. The summed E-state index contributed by atoms with van der Waals surface area (Å²) < 4.78 is 6.72. The SMILES string of the molecule is c1ccc(-c2cccc(Oc3c4ccccc4c(-c4cccc5ccccc45)c4cnccc34)c2)cc1. The molecular formula is C35H23NO. The molecule has 0 radical (unpaired) electrons. The second-order valence-electron chi connectivity index (χ2n) is 9.19. The van der Waals surface area contributed by atoms with Gasteiger partial charge in [0.15, 0.2) is 0 Å². The molecule has 0 amide bonds. The summed E-state index contributed by atoms with van der Waals surface area (Å²) in [5.74, 6) is 1.66. The lowest BCUT2D eigenvalue weighted by Crippen LogP contribution is -1.93. The largest absolute Gasteiger partial charge is 0.456 e. The highest BCUT2D eigenvalue weighted by molar-refractivity contribution is 6.19. The number of aromatic nitrogens is 1. The van der Waals surface area contributed by atoms with Crippen molar-refractivity contribution in [2.24, 2.45) is 0 Å². The normalized spacial score (nSPS) is 11.2. The Balaban J connectivity index is 1.48. The molecule has 0 atom stereocenters. The van der Waals surface area contributed by atoms with Gasteiger partial charge in [-0.05, 0) is 56.6 Å². The number of benzene rings is 6. The maximum Gasteiger partial charge on any atom is 0.143 e. The van der Waals surface area contributed by atoms with Crippen LogP contribution in [0.15, 0.2) is 140 Å². The fraction of sp³-hybridized carbons (Fsp3) is 0. The van der Waals surface area contributed by atoms with Crippen molar-refractivity contribution in [1.82, 2.24) is 4.98 Å². The van der Waals surface area contributed by atoms with E-state index < -0.39 is 0 Å². The first-order valence-electron chi connectivity index (χ1n) is 12.5. The molecule has 0 N–H and O–H groups in total. The van der Waals surface area contributed by atoms with Gasteiger partial charge in [0.1, 0.15) is 11.5 Å². The summed E-state index contributed by atoms with van der Waals surface area (Å²) in [5.41, 5.74) is 4.67. The van der Waals surface area contributed by atoms with Gasteiger partial charge < -0.3 is 4.74 Å². The highest BCUT2D eigenvalue weighted by Crippen LogP contribution is 2.46. The summed E-state index contributed by atoms with van der Waals surface area (Å²) in [7, 11) is 0. The molecule has 0 unspecified atom stereocenters. The standard InChI is InChI=1S/C35H23NO/c1-2-10-24(11-3-1)26-14-8-15-27(22-26)37-35-31-18-7-6-17-30(31)34(33-23-36-21-20-32(33)35)29-19-9-13-25-12-4-5-16-28(25)29/h1-23H. The van der Waals surface area contributed by atoms with E-state index >= 15 is 0 Å². The van der Waals surface area contributed by atoms with Gasteiger partial charge in [0.2, 0.25) is 0 Å². The smallest absolute Gasteiger partial charge is 0.143 e. The third-order valence-electron chi connectivity index (χ3n) is 7.00. The van der Waals surface area contributed by atoms with E-state index in [2.05, 4.69) is 114 Å². The number of pyridine rings is 1. The zero-order chi connectivity index (χ0) is 24.6.